The van der Waals surface area contributed by atoms with Crippen molar-refractivity contribution in [3.8, 4) is 11.5 Å². The molecule has 226 valence electrons. The van der Waals surface area contributed by atoms with Crippen LogP contribution in [0.5, 0.6) is 11.5 Å². The van der Waals surface area contributed by atoms with E-state index in [0.29, 0.717) is 17.9 Å². The summed E-state index contributed by atoms with van der Waals surface area (Å²) >= 11 is 0. The molecule has 0 fully saturated rings. The van der Waals surface area contributed by atoms with E-state index < -0.39 is 35.5 Å². The van der Waals surface area contributed by atoms with Crippen LogP contribution < -0.4 is 9.47 Å². The molecule has 0 aliphatic heterocycles. The highest BCUT2D eigenvalue weighted by atomic mass is 16.6. The maximum atomic E-state index is 11.5. The predicted octanol–water partition coefficient (Wildman–Crippen LogP) is 3.74. The van der Waals surface area contributed by atoms with Crippen LogP contribution in [0.2, 0.25) is 0 Å². The number of carboxylic acids is 1. The number of carboxylic acid groups (broad SMARTS) is 1. The van der Waals surface area contributed by atoms with Gasteiger partial charge in [-0.15, -0.1) is 0 Å². The van der Waals surface area contributed by atoms with E-state index in [4.69, 9.17) is 24.1 Å². The Hall–Kier alpha value is -4.41. The Morgan fingerprint density at radius 1 is 0.762 bits per heavy atom. The first-order valence-corrected chi connectivity index (χ1v) is 13.2. The van der Waals surface area contributed by atoms with Crippen molar-refractivity contribution >= 4 is 17.9 Å². The summed E-state index contributed by atoms with van der Waals surface area (Å²) < 4.78 is 21.1. The smallest absolute Gasteiger partial charge is 0.333 e. The van der Waals surface area contributed by atoms with Crippen molar-refractivity contribution in [3.63, 3.8) is 0 Å². The monoisotopic (exact) mass is 582 g/mol. The first-order chi connectivity index (χ1) is 19.8. The second kappa shape index (κ2) is 16.1. The number of benzene rings is 2. The molecule has 0 radical (unpaired) electrons. The van der Waals surface area contributed by atoms with Crippen molar-refractivity contribution in [1.82, 2.24) is 0 Å². The van der Waals surface area contributed by atoms with Crippen LogP contribution in [0.3, 0.4) is 0 Å². The van der Waals surface area contributed by atoms with Crippen LogP contribution in [-0.2, 0) is 29.3 Å². The van der Waals surface area contributed by atoms with Gasteiger partial charge in [0, 0.05) is 22.6 Å². The first-order valence-electron chi connectivity index (χ1n) is 13.2. The number of esters is 2. The fraction of sp³-hybridized carbons (Fsp3) is 0.344. The summed E-state index contributed by atoms with van der Waals surface area (Å²) in [7, 11) is 0. The van der Waals surface area contributed by atoms with E-state index in [1.165, 1.54) is 13.8 Å². The normalized spacial score (nSPS) is 13.8. The van der Waals surface area contributed by atoms with Crippen LogP contribution >= 0.6 is 0 Å². The Morgan fingerprint density at radius 3 is 1.48 bits per heavy atom. The number of carbonyl (C=O) groups is 3. The number of rotatable bonds is 17. The van der Waals surface area contributed by atoms with E-state index >= 15 is 0 Å². The molecular formula is C32H38O10. The molecule has 2 rings (SSSR count). The summed E-state index contributed by atoms with van der Waals surface area (Å²) in [5.74, 6) is -1.25. The van der Waals surface area contributed by atoms with Crippen LogP contribution in [0.4, 0.5) is 0 Å². The fourth-order valence-corrected chi connectivity index (χ4v) is 3.71. The van der Waals surface area contributed by atoms with Gasteiger partial charge >= 0.3 is 17.9 Å². The topological polar surface area (TPSA) is 149 Å². The zero-order valence-corrected chi connectivity index (χ0v) is 24.1. The fourth-order valence-electron chi connectivity index (χ4n) is 3.71. The Kier molecular flexibility index (Phi) is 13.0. The molecule has 0 spiro atoms. The largest absolute Gasteiger partial charge is 0.491 e. The van der Waals surface area contributed by atoms with Crippen molar-refractivity contribution < 1.29 is 48.7 Å². The van der Waals surface area contributed by atoms with Gasteiger partial charge in [-0.25, -0.2) is 14.4 Å². The lowest BCUT2D eigenvalue weighted by Gasteiger charge is -2.30. The van der Waals surface area contributed by atoms with Crippen molar-refractivity contribution in [3.05, 3.63) is 96.1 Å². The molecule has 0 heterocycles. The number of carbonyl (C=O) groups excluding carboxylic acids is 2. The number of aliphatic hydroxyl groups is 2. The van der Waals surface area contributed by atoms with Gasteiger partial charge in [0.2, 0.25) is 0 Å². The van der Waals surface area contributed by atoms with E-state index in [9.17, 15) is 24.6 Å². The molecule has 0 aromatic heterocycles. The molecule has 2 aromatic rings. The van der Waals surface area contributed by atoms with Gasteiger partial charge in [-0.2, -0.15) is 0 Å². The maximum Gasteiger partial charge on any atom is 0.333 e. The third kappa shape index (κ3) is 10.9. The summed E-state index contributed by atoms with van der Waals surface area (Å²) in [6.45, 7) is 11.4. The lowest BCUT2D eigenvalue weighted by molar-refractivity contribution is -0.143. The lowest BCUT2D eigenvalue weighted by Crippen LogP contribution is -2.26. The van der Waals surface area contributed by atoms with E-state index in [0.717, 1.165) is 17.2 Å². The van der Waals surface area contributed by atoms with E-state index in [2.05, 4.69) is 13.2 Å². The first kappa shape index (κ1) is 33.8. The second-order valence-corrected chi connectivity index (χ2v) is 10.0. The summed E-state index contributed by atoms with van der Waals surface area (Å²) in [6, 6.07) is 14.4. The third-order valence-electron chi connectivity index (χ3n) is 6.16. The van der Waals surface area contributed by atoms with Crippen molar-refractivity contribution in [2.45, 2.75) is 44.8 Å². The number of ether oxygens (including phenoxy) is 4. The second-order valence-electron chi connectivity index (χ2n) is 10.0. The predicted molar refractivity (Wildman–Crippen MR) is 155 cm³/mol. The van der Waals surface area contributed by atoms with Gasteiger partial charge in [0.25, 0.3) is 0 Å². The van der Waals surface area contributed by atoms with Crippen LogP contribution in [-0.4, -0.2) is 71.9 Å². The van der Waals surface area contributed by atoms with E-state index in [1.54, 1.807) is 30.3 Å². The van der Waals surface area contributed by atoms with Gasteiger partial charge in [0.15, 0.2) is 0 Å². The van der Waals surface area contributed by atoms with Crippen LogP contribution in [0.25, 0.3) is 0 Å². The van der Waals surface area contributed by atoms with Crippen molar-refractivity contribution in [2.24, 2.45) is 0 Å². The minimum absolute atomic E-state index is 0.0894. The molecule has 2 aromatic carbocycles. The van der Waals surface area contributed by atoms with Crippen LogP contribution in [0.1, 0.15) is 38.3 Å². The van der Waals surface area contributed by atoms with Gasteiger partial charge in [-0.05, 0) is 55.7 Å². The van der Waals surface area contributed by atoms with Gasteiger partial charge in [0.1, 0.15) is 50.1 Å². The molecule has 10 nitrogen and oxygen atoms in total. The third-order valence-corrected chi connectivity index (χ3v) is 6.16. The molecule has 10 heteroatoms. The number of allylic oxidation sites excluding steroid dienone is 1. The molecule has 0 saturated heterocycles. The van der Waals surface area contributed by atoms with Gasteiger partial charge in [-0.3, -0.25) is 0 Å². The number of aliphatic carboxylic acids is 1. The average Bonchev–Trinajstić information content (AvgIpc) is 2.96. The van der Waals surface area contributed by atoms with Crippen LogP contribution in [0, 0.1) is 0 Å². The molecule has 0 amide bonds. The van der Waals surface area contributed by atoms with Gasteiger partial charge in [0.05, 0.1) is 0 Å². The maximum absolute atomic E-state index is 11.5. The van der Waals surface area contributed by atoms with Gasteiger partial charge < -0.3 is 34.3 Å². The molecule has 0 aliphatic carbocycles. The van der Waals surface area contributed by atoms with Crippen molar-refractivity contribution in [2.75, 3.05) is 26.4 Å². The molecule has 0 saturated carbocycles. The summed E-state index contributed by atoms with van der Waals surface area (Å²) in [5.41, 5.74) is 1.60. The number of hydrogen-bond donors (Lipinski definition) is 3. The Labute approximate surface area is 245 Å². The summed E-state index contributed by atoms with van der Waals surface area (Å²) in [6.07, 6.45) is 1.01. The highest BCUT2D eigenvalue weighted by molar-refractivity contribution is 5.87. The summed E-state index contributed by atoms with van der Waals surface area (Å²) in [5, 5.41) is 29.2. The summed E-state index contributed by atoms with van der Waals surface area (Å²) in [4.78, 5) is 34.1. The average molecular weight is 583 g/mol. The molecule has 3 N–H and O–H groups in total. The molecule has 0 bridgehead atoms. The highest BCUT2D eigenvalue weighted by Gasteiger charge is 2.28. The lowest BCUT2D eigenvalue weighted by atomic mass is 9.73. The Balaban J connectivity index is 2.10. The van der Waals surface area contributed by atoms with Crippen LogP contribution in [0.15, 0.2) is 85.0 Å². The van der Waals surface area contributed by atoms with E-state index in [-0.39, 0.29) is 37.6 Å². The highest BCUT2D eigenvalue weighted by Crippen LogP contribution is 2.37. The SMILES string of the molecule is C=C(C)C(=O)OCC(O)COc1ccc(C(C)(CC=CC(=O)O)c2ccc(OCC(O)COC(=O)C(=C)C)cc2)cc1. The zero-order valence-electron chi connectivity index (χ0n) is 24.1. The number of aliphatic hydroxyl groups excluding tert-OH is 2. The minimum Gasteiger partial charge on any atom is -0.491 e. The Bertz CT molecular complexity index is 1180. The van der Waals surface area contributed by atoms with Crippen molar-refractivity contribution in [1.29, 1.82) is 0 Å². The molecule has 2 atom stereocenters. The van der Waals surface area contributed by atoms with E-state index in [1.807, 2.05) is 31.2 Å². The molecule has 0 aliphatic rings. The minimum atomic E-state index is -1.05. The van der Waals surface area contributed by atoms with Gasteiger partial charge in [-0.1, -0.05) is 50.4 Å². The zero-order chi connectivity index (χ0) is 31.3. The molecular weight excluding hydrogens is 544 g/mol. The standard InChI is InChI=1S/C32H38O10/c1-21(2)30(37)41-19-25(33)17-39-27-12-8-23(9-13-27)32(5,16-6-7-29(35)36)24-10-14-28(15-11-24)40-18-26(34)20-42-31(38)22(3)4/h6-15,25-26,33-34H,1,3,16-20H2,2,4-5H3,(H,35,36). The molecule has 2 unspecified atom stereocenters. The number of hydrogen-bond acceptors (Lipinski definition) is 9. The molecule has 42 heavy (non-hydrogen) atoms. The Morgan fingerprint density at radius 2 is 1.14 bits per heavy atom. The quantitative estimate of drug-likeness (QED) is 0.186.